The van der Waals surface area contributed by atoms with Crippen LogP contribution in [0.15, 0.2) is 41.4 Å². The SMILES string of the molecule is C=CC(=O)N1CCCC(C(=O)N2CCCC2Cc2ccccc2Br)C1. The summed E-state index contributed by atoms with van der Waals surface area (Å²) in [5, 5.41) is 0. The molecule has 2 unspecified atom stereocenters. The van der Waals surface area contributed by atoms with Gasteiger partial charge in [-0.3, -0.25) is 9.59 Å². The molecule has 1 aromatic carbocycles. The van der Waals surface area contributed by atoms with Gasteiger partial charge in [0.05, 0.1) is 5.92 Å². The third-order valence-corrected chi connectivity index (χ3v) is 6.10. The highest BCUT2D eigenvalue weighted by Gasteiger charge is 2.35. The zero-order chi connectivity index (χ0) is 17.8. The molecule has 0 aromatic heterocycles. The van der Waals surface area contributed by atoms with E-state index in [2.05, 4.69) is 39.5 Å². The van der Waals surface area contributed by atoms with Crippen LogP contribution in [0.2, 0.25) is 0 Å². The molecule has 0 aliphatic carbocycles. The molecule has 134 valence electrons. The highest BCUT2D eigenvalue weighted by molar-refractivity contribution is 9.10. The number of piperidine rings is 1. The number of carbonyl (C=O) groups is 2. The van der Waals surface area contributed by atoms with Crippen LogP contribution in [0.4, 0.5) is 0 Å². The van der Waals surface area contributed by atoms with Gasteiger partial charge in [-0.25, -0.2) is 0 Å². The monoisotopic (exact) mass is 404 g/mol. The number of hydrogen-bond acceptors (Lipinski definition) is 2. The zero-order valence-corrected chi connectivity index (χ0v) is 16.1. The molecule has 1 aromatic rings. The Morgan fingerprint density at radius 2 is 1.96 bits per heavy atom. The largest absolute Gasteiger partial charge is 0.339 e. The van der Waals surface area contributed by atoms with Gasteiger partial charge in [0, 0.05) is 30.1 Å². The standard InChI is InChI=1S/C20H25BrN2O2/c1-2-19(24)22-11-5-8-16(14-22)20(25)23-12-6-9-17(23)13-15-7-3-4-10-18(15)21/h2-4,7,10,16-17H,1,5-6,8-9,11-14H2. The van der Waals surface area contributed by atoms with Crippen LogP contribution in [0.5, 0.6) is 0 Å². The molecule has 0 saturated carbocycles. The van der Waals surface area contributed by atoms with Gasteiger partial charge in [-0.05, 0) is 49.8 Å². The summed E-state index contributed by atoms with van der Waals surface area (Å²) in [6.07, 6.45) is 6.10. The lowest BCUT2D eigenvalue weighted by atomic mass is 9.95. The molecule has 2 amide bonds. The van der Waals surface area contributed by atoms with Crippen LogP contribution in [0.25, 0.3) is 0 Å². The maximum Gasteiger partial charge on any atom is 0.245 e. The maximum absolute atomic E-state index is 13.1. The summed E-state index contributed by atoms with van der Waals surface area (Å²) in [6.45, 7) is 5.65. The van der Waals surface area contributed by atoms with E-state index in [4.69, 9.17) is 0 Å². The van der Waals surface area contributed by atoms with Gasteiger partial charge < -0.3 is 9.80 Å². The summed E-state index contributed by atoms with van der Waals surface area (Å²) < 4.78 is 1.11. The predicted octanol–water partition coefficient (Wildman–Crippen LogP) is 3.41. The highest BCUT2D eigenvalue weighted by Crippen LogP contribution is 2.28. The van der Waals surface area contributed by atoms with E-state index in [9.17, 15) is 9.59 Å². The molecule has 0 bridgehead atoms. The maximum atomic E-state index is 13.1. The molecule has 2 aliphatic heterocycles. The van der Waals surface area contributed by atoms with Crippen molar-refractivity contribution in [2.24, 2.45) is 5.92 Å². The van der Waals surface area contributed by atoms with E-state index in [1.807, 2.05) is 12.1 Å². The van der Waals surface area contributed by atoms with Crippen molar-refractivity contribution < 1.29 is 9.59 Å². The fraction of sp³-hybridized carbons (Fsp3) is 0.500. The Morgan fingerprint density at radius 1 is 1.20 bits per heavy atom. The molecule has 4 nitrogen and oxygen atoms in total. The van der Waals surface area contributed by atoms with Crippen molar-refractivity contribution in [2.45, 2.75) is 38.1 Å². The Kier molecular flexibility index (Phi) is 5.94. The van der Waals surface area contributed by atoms with E-state index in [1.54, 1.807) is 4.90 Å². The second-order valence-corrected chi connectivity index (χ2v) is 7.81. The molecule has 5 heteroatoms. The van der Waals surface area contributed by atoms with E-state index in [0.29, 0.717) is 6.54 Å². The van der Waals surface area contributed by atoms with E-state index < -0.39 is 0 Å². The zero-order valence-electron chi connectivity index (χ0n) is 14.5. The highest BCUT2D eigenvalue weighted by atomic mass is 79.9. The number of rotatable bonds is 4. The summed E-state index contributed by atoms with van der Waals surface area (Å²) in [5.74, 6) is 0.0808. The van der Waals surface area contributed by atoms with Crippen LogP contribution in [-0.4, -0.2) is 47.3 Å². The van der Waals surface area contributed by atoms with Crippen molar-refractivity contribution in [3.8, 4) is 0 Å². The minimum absolute atomic E-state index is 0.0660. The summed E-state index contributed by atoms with van der Waals surface area (Å²) in [4.78, 5) is 28.8. The second kappa shape index (κ2) is 8.17. The number of halogens is 1. The van der Waals surface area contributed by atoms with E-state index in [-0.39, 0.29) is 23.8 Å². The van der Waals surface area contributed by atoms with Crippen molar-refractivity contribution in [3.63, 3.8) is 0 Å². The number of nitrogens with zero attached hydrogens (tertiary/aromatic N) is 2. The van der Waals surface area contributed by atoms with Crippen LogP contribution >= 0.6 is 15.9 Å². The Bertz CT molecular complexity index is 661. The minimum Gasteiger partial charge on any atom is -0.339 e. The summed E-state index contributed by atoms with van der Waals surface area (Å²) >= 11 is 3.61. The molecule has 2 atom stereocenters. The summed E-state index contributed by atoms with van der Waals surface area (Å²) in [6, 6.07) is 8.49. The summed E-state index contributed by atoms with van der Waals surface area (Å²) in [7, 11) is 0. The predicted molar refractivity (Wildman–Crippen MR) is 102 cm³/mol. The lowest BCUT2D eigenvalue weighted by Crippen LogP contribution is -2.48. The third kappa shape index (κ3) is 4.14. The molecular weight excluding hydrogens is 380 g/mol. The third-order valence-electron chi connectivity index (χ3n) is 5.33. The van der Waals surface area contributed by atoms with Gasteiger partial charge >= 0.3 is 0 Å². The second-order valence-electron chi connectivity index (χ2n) is 6.95. The van der Waals surface area contributed by atoms with Gasteiger partial charge in [0.25, 0.3) is 0 Å². The Balaban J connectivity index is 1.67. The first-order valence-electron chi connectivity index (χ1n) is 9.05. The first-order chi connectivity index (χ1) is 12.1. The lowest BCUT2D eigenvalue weighted by Gasteiger charge is -2.35. The quantitative estimate of drug-likeness (QED) is 0.721. The number of hydrogen-bond donors (Lipinski definition) is 0. The molecule has 2 aliphatic rings. The Hall–Kier alpha value is -1.62. The molecule has 25 heavy (non-hydrogen) atoms. The van der Waals surface area contributed by atoms with Gasteiger partial charge in [0.1, 0.15) is 0 Å². The average Bonchev–Trinajstić information content (AvgIpc) is 3.10. The van der Waals surface area contributed by atoms with Gasteiger partial charge in [0.15, 0.2) is 0 Å². The van der Waals surface area contributed by atoms with Crippen LogP contribution in [-0.2, 0) is 16.0 Å². The van der Waals surface area contributed by atoms with Gasteiger partial charge in [-0.1, -0.05) is 40.7 Å². The minimum atomic E-state index is -0.0718. The van der Waals surface area contributed by atoms with Crippen molar-refractivity contribution >= 4 is 27.7 Å². The van der Waals surface area contributed by atoms with Gasteiger partial charge in [-0.15, -0.1) is 0 Å². The number of benzene rings is 1. The van der Waals surface area contributed by atoms with Gasteiger partial charge in [-0.2, -0.15) is 0 Å². The van der Waals surface area contributed by atoms with Crippen LogP contribution in [0, 0.1) is 5.92 Å². The first-order valence-corrected chi connectivity index (χ1v) is 9.84. The first kappa shape index (κ1) is 18.2. The number of amides is 2. The summed E-state index contributed by atoms with van der Waals surface area (Å²) in [5.41, 5.74) is 1.25. The van der Waals surface area contributed by atoms with Gasteiger partial charge in [0.2, 0.25) is 11.8 Å². The topological polar surface area (TPSA) is 40.6 Å². The lowest BCUT2D eigenvalue weighted by molar-refractivity contribution is -0.140. The fourth-order valence-electron chi connectivity index (χ4n) is 4.00. The number of carbonyl (C=O) groups excluding carboxylic acids is 2. The average molecular weight is 405 g/mol. The molecule has 3 rings (SSSR count). The molecule has 2 heterocycles. The molecule has 0 radical (unpaired) electrons. The Morgan fingerprint density at radius 3 is 2.72 bits per heavy atom. The molecule has 2 saturated heterocycles. The molecule has 0 spiro atoms. The number of likely N-dealkylation sites (tertiary alicyclic amines) is 2. The molecule has 0 N–H and O–H groups in total. The van der Waals surface area contributed by atoms with Crippen molar-refractivity contribution in [2.75, 3.05) is 19.6 Å². The molecular formula is C20H25BrN2O2. The normalized spacial score (nSPS) is 23.6. The van der Waals surface area contributed by atoms with E-state index in [1.165, 1.54) is 11.6 Å². The van der Waals surface area contributed by atoms with Crippen LogP contribution in [0.3, 0.4) is 0 Å². The van der Waals surface area contributed by atoms with Crippen molar-refractivity contribution in [1.29, 1.82) is 0 Å². The van der Waals surface area contributed by atoms with Crippen molar-refractivity contribution in [3.05, 3.63) is 47.0 Å². The fourth-order valence-corrected chi connectivity index (χ4v) is 4.44. The Labute approximate surface area is 158 Å². The van der Waals surface area contributed by atoms with Crippen LogP contribution < -0.4 is 0 Å². The van der Waals surface area contributed by atoms with Crippen LogP contribution in [0.1, 0.15) is 31.2 Å². The smallest absolute Gasteiger partial charge is 0.245 e. The van der Waals surface area contributed by atoms with Crippen molar-refractivity contribution in [1.82, 2.24) is 9.80 Å². The molecule has 2 fully saturated rings. The van der Waals surface area contributed by atoms with E-state index >= 15 is 0 Å². The van der Waals surface area contributed by atoms with E-state index in [0.717, 1.165) is 49.7 Å².